The van der Waals surface area contributed by atoms with Gasteiger partial charge in [-0.25, -0.2) is 19.3 Å². The van der Waals surface area contributed by atoms with Crippen LogP contribution >= 0.6 is 11.3 Å². The molecule has 0 unspecified atom stereocenters. The largest absolute Gasteiger partial charge is 0.488 e. The van der Waals surface area contributed by atoms with Crippen molar-refractivity contribution in [2.45, 2.75) is 51.4 Å². The fourth-order valence-corrected chi connectivity index (χ4v) is 5.19. The number of oxazole rings is 1. The van der Waals surface area contributed by atoms with Crippen LogP contribution in [-0.4, -0.2) is 38.2 Å². The second-order valence-electron chi connectivity index (χ2n) is 8.42. The van der Waals surface area contributed by atoms with Crippen LogP contribution in [0.25, 0.3) is 10.2 Å². The SMILES string of the molecule is Cc1c(C(=O)NCc2cnco2)sc2ncnc(Nc3ccc(F)cc3O[C@H]3CC[C@H](O)CC3)c12. The molecule has 182 valence electrons. The molecule has 4 aromatic rings. The average Bonchev–Trinajstić information content (AvgIpc) is 3.49. The molecule has 1 aliphatic rings. The van der Waals surface area contributed by atoms with Gasteiger partial charge in [-0.2, -0.15) is 0 Å². The van der Waals surface area contributed by atoms with E-state index >= 15 is 0 Å². The van der Waals surface area contributed by atoms with Crippen LogP contribution in [0.15, 0.2) is 41.5 Å². The number of aliphatic hydroxyl groups excluding tert-OH is 1. The first-order valence-electron chi connectivity index (χ1n) is 11.3. The van der Waals surface area contributed by atoms with Crippen LogP contribution < -0.4 is 15.4 Å². The number of thiophene rings is 1. The fraction of sp³-hybridized carbons (Fsp3) is 0.333. The molecule has 9 nitrogen and oxygen atoms in total. The molecule has 11 heteroatoms. The van der Waals surface area contributed by atoms with Gasteiger partial charge in [-0.1, -0.05) is 0 Å². The number of carbonyl (C=O) groups excluding carboxylic acids is 1. The minimum Gasteiger partial charge on any atom is -0.488 e. The number of halogens is 1. The number of carbonyl (C=O) groups is 1. The summed E-state index contributed by atoms with van der Waals surface area (Å²) in [6.07, 6.45) is 6.58. The molecule has 3 aromatic heterocycles. The van der Waals surface area contributed by atoms with Gasteiger partial charge in [0.25, 0.3) is 5.91 Å². The summed E-state index contributed by atoms with van der Waals surface area (Å²) in [6, 6.07) is 4.29. The van der Waals surface area contributed by atoms with Gasteiger partial charge in [-0.3, -0.25) is 4.79 Å². The lowest BCUT2D eigenvalue weighted by molar-refractivity contribution is 0.0668. The van der Waals surface area contributed by atoms with Crippen molar-refractivity contribution in [1.82, 2.24) is 20.3 Å². The summed E-state index contributed by atoms with van der Waals surface area (Å²) in [4.78, 5) is 26.6. The molecular weight excluding hydrogens is 473 g/mol. The highest BCUT2D eigenvalue weighted by atomic mass is 32.1. The molecule has 1 aliphatic carbocycles. The Labute approximate surface area is 204 Å². The van der Waals surface area contributed by atoms with Crippen LogP contribution in [0, 0.1) is 12.7 Å². The molecule has 1 amide bonds. The zero-order valence-corrected chi connectivity index (χ0v) is 19.8. The lowest BCUT2D eigenvalue weighted by Crippen LogP contribution is -2.26. The molecule has 0 aliphatic heterocycles. The van der Waals surface area contributed by atoms with Gasteiger partial charge in [0.15, 0.2) is 6.39 Å². The Hall–Kier alpha value is -3.57. The minimum atomic E-state index is -0.411. The predicted octanol–water partition coefficient (Wildman–Crippen LogP) is 4.48. The first-order chi connectivity index (χ1) is 17.0. The Morgan fingerprint density at radius 2 is 2.11 bits per heavy atom. The Balaban J connectivity index is 1.40. The van der Waals surface area contributed by atoms with Crippen LogP contribution in [0.2, 0.25) is 0 Å². The molecule has 1 aromatic carbocycles. The topological polar surface area (TPSA) is 122 Å². The van der Waals surface area contributed by atoms with E-state index < -0.39 is 5.82 Å². The molecule has 5 rings (SSSR count). The minimum absolute atomic E-state index is 0.103. The van der Waals surface area contributed by atoms with Crippen LogP contribution in [-0.2, 0) is 6.54 Å². The Morgan fingerprint density at radius 3 is 2.89 bits per heavy atom. The number of nitrogens with one attached hydrogen (secondary N) is 2. The number of aromatic nitrogens is 3. The molecule has 3 heterocycles. The smallest absolute Gasteiger partial charge is 0.262 e. The van der Waals surface area contributed by atoms with Gasteiger partial charge in [0.05, 0.1) is 40.9 Å². The molecule has 0 atom stereocenters. The van der Waals surface area contributed by atoms with Crippen molar-refractivity contribution < 1.29 is 23.4 Å². The van der Waals surface area contributed by atoms with Gasteiger partial charge < -0.3 is 24.9 Å². The van der Waals surface area contributed by atoms with Crippen molar-refractivity contribution in [3.63, 3.8) is 0 Å². The second-order valence-corrected chi connectivity index (χ2v) is 9.42. The quantitative estimate of drug-likeness (QED) is 0.342. The number of anilines is 2. The first kappa shape index (κ1) is 23.2. The van der Waals surface area contributed by atoms with Gasteiger partial charge in [-0.15, -0.1) is 11.3 Å². The second kappa shape index (κ2) is 9.96. The van der Waals surface area contributed by atoms with Gasteiger partial charge in [0.2, 0.25) is 0 Å². The molecule has 0 bridgehead atoms. The van der Waals surface area contributed by atoms with E-state index in [1.165, 1.54) is 36.2 Å². The van der Waals surface area contributed by atoms with E-state index in [0.717, 1.165) is 5.56 Å². The van der Waals surface area contributed by atoms with E-state index in [1.807, 2.05) is 6.92 Å². The molecular formula is C24H24FN5O4S. The maximum Gasteiger partial charge on any atom is 0.262 e. The van der Waals surface area contributed by atoms with Crippen LogP contribution in [0.3, 0.4) is 0 Å². The molecule has 0 radical (unpaired) electrons. The van der Waals surface area contributed by atoms with Crippen molar-refractivity contribution >= 4 is 39.0 Å². The van der Waals surface area contributed by atoms with Crippen molar-refractivity contribution in [2.24, 2.45) is 0 Å². The normalized spacial score (nSPS) is 17.9. The summed E-state index contributed by atoms with van der Waals surface area (Å²) in [5.41, 5.74) is 1.29. The summed E-state index contributed by atoms with van der Waals surface area (Å²) in [7, 11) is 0. The molecule has 35 heavy (non-hydrogen) atoms. The monoisotopic (exact) mass is 497 g/mol. The Bertz CT molecular complexity index is 1340. The number of aryl methyl sites for hydroxylation is 1. The maximum absolute atomic E-state index is 14.1. The highest BCUT2D eigenvalue weighted by Gasteiger charge is 2.23. The number of aliphatic hydroxyl groups is 1. The van der Waals surface area contributed by atoms with Crippen LogP contribution in [0.4, 0.5) is 15.9 Å². The number of amides is 1. The summed E-state index contributed by atoms with van der Waals surface area (Å²) >= 11 is 1.26. The zero-order valence-electron chi connectivity index (χ0n) is 19.0. The van der Waals surface area contributed by atoms with Crippen molar-refractivity contribution in [3.8, 4) is 5.75 Å². The standard InChI is InChI=1S/C24H24FN5O4S/c1-13-20-22(28-11-29-24(20)35-21(13)23(32)27-10-17-9-26-12-33-17)30-18-7-2-14(25)8-19(18)34-16-5-3-15(31)4-6-16/h2,7-9,11-12,15-16,31H,3-6,10H2,1H3,(H,27,32)(H,28,29,30)/t15-,16-. The van der Waals surface area contributed by atoms with E-state index in [0.29, 0.717) is 63.8 Å². The number of hydrogen-bond acceptors (Lipinski definition) is 9. The van der Waals surface area contributed by atoms with Crippen LogP contribution in [0.5, 0.6) is 5.75 Å². The summed E-state index contributed by atoms with van der Waals surface area (Å²) < 4.78 is 25.3. The predicted molar refractivity (Wildman–Crippen MR) is 128 cm³/mol. The number of rotatable bonds is 7. The number of hydrogen-bond donors (Lipinski definition) is 3. The molecule has 3 N–H and O–H groups in total. The summed E-state index contributed by atoms with van der Waals surface area (Å²) in [6.45, 7) is 2.06. The first-order valence-corrected chi connectivity index (χ1v) is 12.1. The molecule has 1 fully saturated rings. The van der Waals surface area contributed by atoms with E-state index in [9.17, 15) is 14.3 Å². The number of fused-ring (bicyclic) bond motifs is 1. The fourth-order valence-electron chi connectivity index (χ4n) is 4.13. The summed E-state index contributed by atoms with van der Waals surface area (Å²) in [5, 5.41) is 16.5. The van der Waals surface area contributed by atoms with E-state index in [4.69, 9.17) is 9.15 Å². The van der Waals surface area contributed by atoms with Crippen molar-refractivity contribution in [1.29, 1.82) is 0 Å². The average molecular weight is 498 g/mol. The van der Waals surface area contributed by atoms with Gasteiger partial charge in [0.1, 0.15) is 34.3 Å². The lowest BCUT2D eigenvalue weighted by Gasteiger charge is -2.27. The highest BCUT2D eigenvalue weighted by Crippen LogP contribution is 2.37. The van der Waals surface area contributed by atoms with E-state index in [2.05, 4.69) is 25.6 Å². The number of benzene rings is 1. The third kappa shape index (κ3) is 5.10. The third-order valence-electron chi connectivity index (χ3n) is 5.97. The molecule has 1 saturated carbocycles. The molecule has 0 saturated heterocycles. The van der Waals surface area contributed by atoms with Crippen molar-refractivity contribution in [2.75, 3.05) is 5.32 Å². The maximum atomic E-state index is 14.1. The van der Waals surface area contributed by atoms with Crippen molar-refractivity contribution in [3.05, 3.63) is 59.1 Å². The number of ether oxygens (including phenoxy) is 1. The third-order valence-corrected chi connectivity index (χ3v) is 7.17. The van der Waals surface area contributed by atoms with E-state index in [-0.39, 0.29) is 24.7 Å². The summed E-state index contributed by atoms with van der Waals surface area (Å²) in [5.74, 6) is 0.755. The van der Waals surface area contributed by atoms with E-state index in [1.54, 1.807) is 12.3 Å². The lowest BCUT2D eigenvalue weighted by atomic mass is 9.95. The van der Waals surface area contributed by atoms with Gasteiger partial charge in [0, 0.05) is 6.07 Å². The van der Waals surface area contributed by atoms with Gasteiger partial charge >= 0.3 is 0 Å². The number of nitrogens with zero attached hydrogens (tertiary/aromatic N) is 3. The Morgan fingerprint density at radius 1 is 1.29 bits per heavy atom. The Kier molecular flexibility index (Phi) is 6.60. The molecule has 0 spiro atoms. The zero-order chi connectivity index (χ0) is 24.4. The van der Waals surface area contributed by atoms with Crippen LogP contribution in [0.1, 0.15) is 46.7 Å². The van der Waals surface area contributed by atoms with Gasteiger partial charge in [-0.05, 0) is 50.3 Å². The highest BCUT2D eigenvalue weighted by molar-refractivity contribution is 7.20.